The molecule has 1 heterocycles. The Balaban J connectivity index is 1.84. The van der Waals surface area contributed by atoms with Gasteiger partial charge in [-0.05, 0) is 38.5 Å². The van der Waals surface area contributed by atoms with Gasteiger partial charge in [0.25, 0.3) is 0 Å². The van der Waals surface area contributed by atoms with Crippen LogP contribution in [0, 0.1) is 5.92 Å². The third-order valence-corrected chi connectivity index (χ3v) is 4.39. The van der Waals surface area contributed by atoms with Crippen LogP contribution in [0.5, 0.6) is 0 Å². The molecule has 0 aromatic rings. The molecule has 0 aromatic carbocycles. The standard InChI is InChI=1S/C14H22N2O5/c1-21-13(19)11-3-2-8-16(11)14(20)15-10-6-4-9(5-7-10)12(17)18/h9-11H,2-8H2,1H3,(H,15,20)(H,17,18). The van der Waals surface area contributed by atoms with Crippen molar-refractivity contribution in [1.29, 1.82) is 0 Å². The number of methoxy groups -OCH3 is 1. The number of hydrogen-bond acceptors (Lipinski definition) is 4. The fraction of sp³-hybridized carbons (Fsp3) is 0.786. The van der Waals surface area contributed by atoms with Crippen LogP contribution in [0.15, 0.2) is 0 Å². The topological polar surface area (TPSA) is 95.9 Å². The van der Waals surface area contributed by atoms with Gasteiger partial charge < -0.3 is 20.1 Å². The van der Waals surface area contributed by atoms with E-state index in [1.807, 2.05) is 0 Å². The maximum atomic E-state index is 12.3. The van der Waals surface area contributed by atoms with E-state index >= 15 is 0 Å². The van der Waals surface area contributed by atoms with E-state index in [1.165, 1.54) is 12.0 Å². The average Bonchev–Trinajstić information content (AvgIpc) is 2.96. The first-order valence-electron chi connectivity index (χ1n) is 7.40. The number of amides is 2. The van der Waals surface area contributed by atoms with Crippen molar-refractivity contribution in [2.24, 2.45) is 5.92 Å². The highest BCUT2D eigenvalue weighted by Gasteiger charge is 2.36. The lowest BCUT2D eigenvalue weighted by molar-refractivity contribution is -0.145. The fourth-order valence-electron chi connectivity index (χ4n) is 3.13. The number of nitrogens with one attached hydrogen (secondary N) is 1. The summed E-state index contributed by atoms with van der Waals surface area (Å²) >= 11 is 0. The number of hydrogen-bond donors (Lipinski definition) is 2. The van der Waals surface area contributed by atoms with Crippen LogP contribution in [0.25, 0.3) is 0 Å². The van der Waals surface area contributed by atoms with Crippen LogP contribution in [-0.4, -0.2) is 53.7 Å². The third kappa shape index (κ3) is 3.65. The van der Waals surface area contributed by atoms with E-state index in [-0.39, 0.29) is 24.0 Å². The molecule has 1 saturated carbocycles. The molecule has 118 valence electrons. The molecule has 1 atom stereocenters. The lowest BCUT2D eigenvalue weighted by Crippen LogP contribution is -2.50. The first kappa shape index (κ1) is 15.6. The van der Waals surface area contributed by atoms with Crippen LogP contribution in [0.1, 0.15) is 38.5 Å². The monoisotopic (exact) mass is 298 g/mol. The predicted molar refractivity (Wildman–Crippen MR) is 73.7 cm³/mol. The number of carboxylic acid groups (broad SMARTS) is 1. The second-order valence-electron chi connectivity index (χ2n) is 5.71. The van der Waals surface area contributed by atoms with Gasteiger partial charge in [-0.3, -0.25) is 4.79 Å². The van der Waals surface area contributed by atoms with Gasteiger partial charge >= 0.3 is 18.0 Å². The number of urea groups is 1. The number of rotatable bonds is 3. The molecule has 2 rings (SSSR count). The summed E-state index contributed by atoms with van der Waals surface area (Å²) in [6, 6.07) is -0.751. The van der Waals surface area contributed by atoms with Crippen LogP contribution in [-0.2, 0) is 14.3 Å². The van der Waals surface area contributed by atoms with E-state index in [0.717, 1.165) is 6.42 Å². The summed E-state index contributed by atoms with van der Waals surface area (Å²) in [4.78, 5) is 36.3. The largest absolute Gasteiger partial charge is 0.481 e. The van der Waals surface area contributed by atoms with E-state index in [9.17, 15) is 14.4 Å². The number of esters is 1. The molecule has 0 spiro atoms. The highest BCUT2D eigenvalue weighted by Crippen LogP contribution is 2.25. The van der Waals surface area contributed by atoms with Crippen LogP contribution < -0.4 is 5.32 Å². The second kappa shape index (κ2) is 6.78. The van der Waals surface area contributed by atoms with Crippen molar-refractivity contribution in [3.63, 3.8) is 0 Å². The molecule has 1 unspecified atom stereocenters. The molecule has 2 fully saturated rings. The molecule has 1 saturated heterocycles. The van der Waals surface area contributed by atoms with Gasteiger partial charge in [-0.25, -0.2) is 9.59 Å². The first-order valence-corrected chi connectivity index (χ1v) is 7.40. The zero-order valence-electron chi connectivity index (χ0n) is 12.2. The van der Waals surface area contributed by atoms with Gasteiger partial charge in [0.1, 0.15) is 6.04 Å². The number of ether oxygens (including phenoxy) is 1. The molecule has 1 aliphatic heterocycles. The normalized spacial score (nSPS) is 29.0. The number of nitrogens with zero attached hydrogens (tertiary/aromatic N) is 1. The molecule has 2 amide bonds. The lowest BCUT2D eigenvalue weighted by atomic mass is 9.86. The SMILES string of the molecule is COC(=O)C1CCCN1C(=O)NC1CCC(C(=O)O)CC1. The lowest BCUT2D eigenvalue weighted by Gasteiger charge is -2.30. The van der Waals surface area contributed by atoms with Crippen molar-refractivity contribution in [2.45, 2.75) is 50.6 Å². The van der Waals surface area contributed by atoms with Crippen molar-refractivity contribution >= 4 is 18.0 Å². The molecular weight excluding hydrogens is 276 g/mol. The summed E-state index contributed by atoms with van der Waals surface area (Å²) in [7, 11) is 1.32. The first-order chi connectivity index (χ1) is 10.0. The van der Waals surface area contributed by atoms with Gasteiger partial charge in [0.2, 0.25) is 0 Å². The fourth-order valence-corrected chi connectivity index (χ4v) is 3.13. The minimum absolute atomic E-state index is 0.00741. The summed E-state index contributed by atoms with van der Waals surface area (Å²) in [6.07, 6.45) is 3.92. The molecule has 0 radical (unpaired) electrons. The second-order valence-corrected chi connectivity index (χ2v) is 5.71. The van der Waals surface area contributed by atoms with Crippen molar-refractivity contribution in [3.05, 3.63) is 0 Å². The van der Waals surface area contributed by atoms with Crippen LogP contribution in [0.3, 0.4) is 0 Å². The Morgan fingerprint density at radius 3 is 2.38 bits per heavy atom. The zero-order valence-corrected chi connectivity index (χ0v) is 12.2. The van der Waals surface area contributed by atoms with Crippen molar-refractivity contribution in [3.8, 4) is 0 Å². The molecule has 1 aliphatic carbocycles. The Hall–Kier alpha value is -1.79. The quantitative estimate of drug-likeness (QED) is 0.757. The highest BCUT2D eigenvalue weighted by atomic mass is 16.5. The molecule has 2 aliphatic rings. The summed E-state index contributed by atoms with van der Waals surface area (Å²) in [6.45, 7) is 0.552. The van der Waals surface area contributed by atoms with Gasteiger partial charge in [-0.1, -0.05) is 0 Å². The number of carbonyl (C=O) groups is 3. The molecule has 2 N–H and O–H groups in total. The Kier molecular flexibility index (Phi) is 5.03. The molecule has 7 nitrogen and oxygen atoms in total. The Morgan fingerprint density at radius 2 is 1.81 bits per heavy atom. The summed E-state index contributed by atoms with van der Waals surface area (Å²) < 4.78 is 4.72. The number of likely N-dealkylation sites (tertiary alicyclic amines) is 1. The van der Waals surface area contributed by atoms with Crippen molar-refractivity contribution in [1.82, 2.24) is 10.2 Å². The van der Waals surface area contributed by atoms with E-state index in [2.05, 4.69) is 5.32 Å². The third-order valence-electron chi connectivity index (χ3n) is 4.39. The summed E-state index contributed by atoms with van der Waals surface area (Å²) in [5, 5.41) is 11.9. The number of carboxylic acids is 1. The minimum atomic E-state index is -0.759. The van der Waals surface area contributed by atoms with Gasteiger partial charge in [-0.15, -0.1) is 0 Å². The molecular formula is C14H22N2O5. The maximum Gasteiger partial charge on any atom is 0.328 e. The summed E-state index contributed by atoms with van der Waals surface area (Å²) in [5.74, 6) is -1.44. The van der Waals surface area contributed by atoms with E-state index in [4.69, 9.17) is 9.84 Å². The van der Waals surface area contributed by atoms with E-state index in [0.29, 0.717) is 38.6 Å². The highest BCUT2D eigenvalue weighted by molar-refractivity contribution is 5.84. The van der Waals surface area contributed by atoms with Crippen LogP contribution in [0.2, 0.25) is 0 Å². The smallest absolute Gasteiger partial charge is 0.328 e. The number of carbonyl (C=O) groups excluding carboxylic acids is 2. The maximum absolute atomic E-state index is 12.3. The average molecular weight is 298 g/mol. The van der Waals surface area contributed by atoms with Crippen molar-refractivity contribution < 1.29 is 24.2 Å². The van der Waals surface area contributed by atoms with Gasteiger partial charge in [0.05, 0.1) is 13.0 Å². The zero-order chi connectivity index (χ0) is 15.4. The Labute approximate surface area is 123 Å². The minimum Gasteiger partial charge on any atom is -0.481 e. The number of aliphatic carboxylic acids is 1. The van der Waals surface area contributed by atoms with E-state index < -0.39 is 12.0 Å². The van der Waals surface area contributed by atoms with Gasteiger partial charge in [-0.2, -0.15) is 0 Å². The Morgan fingerprint density at radius 1 is 1.14 bits per heavy atom. The predicted octanol–water partition coefficient (Wildman–Crippen LogP) is 0.977. The van der Waals surface area contributed by atoms with Gasteiger partial charge in [0, 0.05) is 12.6 Å². The van der Waals surface area contributed by atoms with Crippen molar-refractivity contribution in [2.75, 3.05) is 13.7 Å². The van der Waals surface area contributed by atoms with Gasteiger partial charge in [0.15, 0.2) is 0 Å². The molecule has 0 aromatic heterocycles. The van der Waals surface area contributed by atoms with Crippen LogP contribution in [0.4, 0.5) is 4.79 Å². The molecule has 0 bridgehead atoms. The van der Waals surface area contributed by atoms with Crippen LogP contribution >= 0.6 is 0 Å². The molecule has 21 heavy (non-hydrogen) atoms. The van der Waals surface area contributed by atoms with E-state index in [1.54, 1.807) is 0 Å². The molecule has 7 heteroatoms. The Bertz CT molecular complexity index is 418. The summed E-state index contributed by atoms with van der Waals surface area (Å²) in [5.41, 5.74) is 0.